The largest absolute Gasteiger partial charge is 0.158 e. The van der Waals surface area contributed by atoms with Gasteiger partial charge >= 0.3 is 0 Å². The summed E-state index contributed by atoms with van der Waals surface area (Å²) in [5.74, 6) is 2.58. The molecule has 2 aliphatic rings. The topological polar surface area (TPSA) is 0 Å². The van der Waals surface area contributed by atoms with Gasteiger partial charge in [0.25, 0.3) is 0 Å². The summed E-state index contributed by atoms with van der Waals surface area (Å²) >= 11 is 2.23. The second kappa shape index (κ2) is 2.53. The summed E-state index contributed by atoms with van der Waals surface area (Å²) in [6.45, 7) is 0. The normalized spacial score (nSPS) is 42.7. The lowest BCUT2D eigenvalue weighted by Gasteiger charge is -2.23. The smallest absolute Gasteiger partial charge is 0.00756 e. The molecule has 1 saturated carbocycles. The van der Waals surface area contributed by atoms with Crippen molar-refractivity contribution < 1.29 is 0 Å². The van der Waals surface area contributed by atoms with E-state index in [1.807, 2.05) is 0 Å². The van der Waals surface area contributed by atoms with Crippen LogP contribution in [-0.2, 0) is 0 Å². The Kier molecular flexibility index (Phi) is 1.71. The molecule has 1 saturated heterocycles. The first-order chi connectivity index (χ1) is 4.47. The van der Waals surface area contributed by atoms with Crippen LogP contribution in [0.2, 0.25) is 0 Å². The SMILES string of the molecule is C1CC[C@H]2CCSC2C1. The molecular formula is C8H14S. The molecule has 0 radical (unpaired) electrons. The molecule has 0 N–H and O–H groups in total. The van der Waals surface area contributed by atoms with Gasteiger partial charge < -0.3 is 0 Å². The molecule has 0 aromatic rings. The van der Waals surface area contributed by atoms with Crippen LogP contribution in [0.25, 0.3) is 0 Å². The van der Waals surface area contributed by atoms with E-state index in [-0.39, 0.29) is 0 Å². The summed E-state index contributed by atoms with van der Waals surface area (Å²) in [5, 5.41) is 1.08. The Labute approximate surface area is 61.4 Å². The Balaban J connectivity index is 1.97. The van der Waals surface area contributed by atoms with Gasteiger partial charge in [0.05, 0.1) is 0 Å². The summed E-state index contributed by atoms with van der Waals surface area (Å²) in [6.07, 6.45) is 7.61. The minimum absolute atomic E-state index is 1.08. The van der Waals surface area contributed by atoms with Crippen LogP contribution >= 0.6 is 11.8 Å². The van der Waals surface area contributed by atoms with Gasteiger partial charge in [-0.25, -0.2) is 0 Å². The van der Waals surface area contributed by atoms with Gasteiger partial charge in [-0.2, -0.15) is 11.8 Å². The molecule has 1 aliphatic heterocycles. The maximum absolute atomic E-state index is 2.23. The van der Waals surface area contributed by atoms with Crippen LogP contribution in [0.1, 0.15) is 32.1 Å². The van der Waals surface area contributed by atoms with E-state index in [0.717, 1.165) is 11.2 Å². The van der Waals surface area contributed by atoms with Crippen molar-refractivity contribution in [3.05, 3.63) is 0 Å². The molecule has 1 unspecified atom stereocenters. The predicted molar refractivity (Wildman–Crippen MR) is 42.8 cm³/mol. The second-order valence-electron chi connectivity index (χ2n) is 3.24. The Morgan fingerprint density at radius 2 is 1.89 bits per heavy atom. The maximum atomic E-state index is 2.23. The van der Waals surface area contributed by atoms with Gasteiger partial charge in [-0.15, -0.1) is 0 Å². The number of fused-ring (bicyclic) bond motifs is 1. The van der Waals surface area contributed by atoms with Crippen LogP contribution < -0.4 is 0 Å². The highest BCUT2D eigenvalue weighted by atomic mass is 32.2. The van der Waals surface area contributed by atoms with Crippen molar-refractivity contribution in [2.75, 3.05) is 5.75 Å². The van der Waals surface area contributed by atoms with Crippen molar-refractivity contribution in [3.8, 4) is 0 Å². The number of rotatable bonds is 0. The molecule has 2 atom stereocenters. The fourth-order valence-corrected chi connectivity index (χ4v) is 3.71. The minimum Gasteiger partial charge on any atom is -0.158 e. The van der Waals surface area contributed by atoms with Crippen molar-refractivity contribution in [1.29, 1.82) is 0 Å². The van der Waals surface area contributed by atoms with E-state index in [1.165, 1.54) is 37.9 Å². The Morgan fingerprint density at radius 1 is 1.00 bits per heavy atom. The summed E-state index contributed by atoms with van der Waals surface area (Å²) in [5.41, 5.74) is 0. The quantitative estimate of drug-likeness (QED) is 0.501. The Hall–Kier alpha value is 0.350. The average Bonchev–Trinajstić information content (AvgIpc) is 2.33. The van der Waals surface area contributed by atoms with E-state index >= 15 is 0 Å². The molecule has 52 valence electrons. The number of hydrogen-bond acceptors (Lipinski definition) is 1. The van der Waals surface area contributed by atoms with Gasteiger partial charge in [0.1, 0.15) is 0 Å². The predicted octanol–water partition coefficient (Wildman–Crippen LogP) is 2.68. The summed E-state index contributed by atoms with van der Waals surface area (Å²) in [4.78, 5) is 0. The van der Waals surface area contributed by atoms with E-state index in [9.17, 15) is 0 Å². The van der Waals surface area contributed by atoms with Gasteiger partial charge in [0.15, 0.2) is 0 Å². The zero-order valence-corrected chi connectivity index (χ0v) is 6.62. The van der Waals surface area contributed by atoms with Crippen LogP contribution in [0, 0.1) is 5.92 Å². The van der Waals surface area contributed by atoms with Gasteiger partial charge in [0, 0.05) is 5.25 Å². The van der Waals surface area contributed by atoms with Crippen LogP contribution in [0.3, 0.4) is 0 Å². The average molecular weight is 142 g/mol. The highest BCUT2D eigenvalue weighted by molar-refractivity contribution is 8.00. The lowest BCUT2D eigenvalue weighted by Crippen LogP contribution is -2.15. The molecule has 0 aromatic heterocycles. The highest BCUT2D eigenvalue weighted by Gasteiger charge is 2.29. The molecule has 0 nitrogen and oxygen atoms in total. The first-order valence-electron chi connectivity index (χ1n) is 4.08. The monoisotopic (exact) mass is 142 g/mol. The molecule has 2 fully saturated rings. The van der Waals surface area contributed by atoms with Crippen LogP contribution in [-0.4, -0.2) is 11.0 Å². The lowest BCUT2D eigenvalue weighted by molar-refractivity contribution is 0.378. The van der Waals surface area contributed by atoms with Gasteiger partial charge in [-0.1, -0.05) is 12.8 Å². The number of thioether (sulfide) groups is 1. The molecule has 0 spiro atoms. The fraction of sp³-hybridized carbons (Fsp3) is 1.00. The first-order valence-corrected chi connectivity index (χ1v) is 5.13. The molecule has 0 amide bonds. The van der Waals surface area contributed by atoms with Crippen molar-refractivity contribution in [1.82, 2.24) is 0 Å². The molecule has 9 heavy (non-hydrogen) atoms. The third kappa shape index (κ3) is 1.12. The van der Waals surface area contributed by atoms with Crippen LogP contribution in [0.15, 0.2) is 0 Å². The third-order valence-corrected chi connectivity index (χ3v) is 4.18. The molecule has 1 heteroatoms. The Morgan fingerprint density at radius 3 is 2.78 bits per heavy atom. The maximum Gasteiger partial charge on any atom is 0.00756 e. The lowest BCUT2D eigenvalue weighted by atomic mass is 9.87. The highest BCUT2D eigenvalue weighted by Crippen LogP contribution is 2.41. The van der Waals surface area contributed by atoms with Crippen molar-refractivity contribution >= 4 is 11.8 Å². The minimum atomic E-state index is 1.08. The van der Waals surface area contributed by atoms with E-state index in [4.69, 9.17) is 0 Å². The number of hydrogen-bond donors (Lipinski definition) is 0. The van der Waals surface area contributed by atoms with Crippen LogP contribution in [0.4, 0.5) is 0 Å². The third-order valence-electron chi connectivity index (χ3n) is 2.66. The van der Waals surface area contributed by atoms with E-state index < -0.39 is 0 Å². The molecule has 0 bridgehead atoms. The summed E-state index contributed by atoms with van der Waals surface area (Å²) in [6, 6.07) is 0. The molecular weight excluding hydrogens is 128 g/mol. The second-order valence-corrected chi connectivity index (χ2v) is 4.59. The first kappa shape index (κ1) is 6.09. The Bertz CT molecular complexity index is 88.7. The van der Waals surface area contributed by atoms with Crippen LogP contribution in [0.5, 0.6) is 0 Å². The zero-order chi connectivity index (χ0) is 6.10. The summed E-state index contributed by atoms with van der Waals surface area (Å²) in [7, 11) is 0. The van der Waals surface area contributed by atoms with E-state index in [2.05, 4.69) is 11.8 Å². The molecule has 1 heterocycles. The zero-order valence-electron chi connectivity index (χ0n) is 5.81. The van der Waals surface area contributed by atoms with E-state index in [1.54, 1.807) is 0 Å². The van der Waals surface area contributed by atoms with Crippen molar-refractivity contribution in [2.45, 2.75) is 37.4 Å². The van der Waals surface area contributed by atoms with Crippen molar-refractivity contribution in [2.24, 2.45) is 5.92 Å². The molecule has 2 rings (SSSR count). The molecule has 1 aliphatic carbocycles. The molecule has 0 aromatic carbocycles. The van der Waals surface area contributed by atoms with Crippen molar-refractivity contribution in [3.63, 3.8) is 0 Å². The summed E-state index contributed by atoms with van der Waals surface area (Å²) < 4.78 is 0. The van der Waals surface area contributed by atoms with E-state index in [0.29, 0.717) is 0 Å². The fourth-order valence-electron chi connectivity index (χ4n) is 2.09. The van der Waals surface area contributed by atoms with Gasteiger partial charge in [-0.05, 0) is 30.9 Å². The standard InChI is InChI=1S/C8H14S/c1-2-4-8-7(3-1)5-6-9-8/h7-8H,1-6H2/t7-,8?/m0/s1. The van der Waals surface area contributed by atoms with Gasteiger partial charge in [-0.3, -0.25) is 0 Å². The van der Waals surface area contributed by atoms with Gasteiger partial charge in [0.2, 0.25) is 0 Å².